The molecule has 0 amide bonds. The highest BCUT2D eigenvalue weighted by Gasteiger charge is 2.47. The summed E-state index contributed by atoms with van der Waals surface area (Å²) in [4.78, 5) is 48.3. The van der Waals surface area contributed by atoms with Crippen molar-refractivity contribution in [2.45, 2.75) is 51.4 Å². The topological polar surface area (TPSA) is 105 Å². The summed E-state index contributed by atoms with van der Waals surface area (Å²) in [6.45, 7) is 6.93. The zero-order valence-corrected chi connectivity index (χ0v) is 17.4. The van der Waals surface area contributed by atoms with Gasteiger partial charge >= 0.3 is 23.9 Å². The third-order valence-corrected chi connectivity index (χ3v) is 4.37. The molecule has 0 spiro atoms. The summed E-state index contributed by atoms with van der Waals surface area (Å²) in [6.07, 6.45) is 5.19. The van der Waals surface area contributed by atoms with Crippen molar-refractivity contribution in [3.63, 3.8) is 0 Å². The SMILES string of the molecule is C=CCOC(=O)C(CCCCC(=O)OC)(CCCCC(=O)OC)C(=O)OCC=C. The van der Waals surface area contributed by atoms with Crippen LogP contribution in [0.3, 0.4) is 0 Å². The van der Waals surface area contributed by atoms with Crippen LogP contribution in [-0.2, 0) is 38.1 Å². The molecule has 0 unspecified atom stereocenters. The van der Waals surface area contributed by atoms with Gasteiger partial charge in [-0.2, -0.15) is 0 Å². The highest BCUT2D eigenvalue weighted by molar-refractivity contribution is 6.00. The first kappa shape index (κ1) is 26.4. The second-order valence-electron chi connectivity index (χ2n) is 6.42. The quantitative estimate of drug-likeness (QED) is 0.125. The summed E-state index contributed by atoms with van der Waals surface area (Å²) in [6, 6.07) is 0. The minimum absolute atomic E-state index is 0.0420. The molecule has 0 aliphatic carbocycles. The largest absolute Gasteiger partial charge is 0.469 e. The fourth-order valence-corrected chi connectivity index (χ4v) is 2.76. The van der Waals surface area contributed by atoms with Crippen molar-refractivity contribution in [2.24, 2.45) is 5.41 Å². The van der Waals surface area contributed by atoms with Crippen LogP contribution in [0, 0.1) is 5.41 Å². The number of hydrogen-bond acceptors (Lipinski definition) is 8. The fourth-order valence-electron chi connectivity index (χ4n) is 2.76. The predicted molar refractivity (Wildman–Crippen MR) is 106 cm³/mol. The molecular weight excluding hydrogens is 380 g/mol. The Morgan fingerprint density at radius 3 is 1.41 bits per heavy atom. The van der Waals surface area contributed by atoms with Crippen molar-refractivity contribution >= 4 is 23.9 Å². The second-order valence-corrected chi connectivity index (χ2v) is 6.42. The average Bonchev–Trinajstić information content (AvgIpc) is 2.73. The Balaban J connectivity index is 5.36. The monoisotopic (exact) mass is 412 g/mol. The first-order chi connectivity index (χ1) is 13.9. The second kappa shape index (κ2) is 15.3. The van der Waals surface area contributed by atoms with E-state index in [1.165, 1.54) is 26.4 Å². The summed E-state index contributed by atoms with van der Waals surface area (Å²) in [7, 11) is 2.60. The van der Waals surface area contributed by atoms with E-state index in [1.54, 1.807) is 0 Å². The standard InChI is InChI=1S/C21H32O8/c1-5-15-28-19(24)21(20(25)29-16-6-2,13-9-7-11-17(22)26-3)14-10-8-12-18(23)27-4/h5-6H,1-2,7-16H2,3-4H3. The normalized spacial score (nSPS) is 10.6. The number of carbonyl (C=O) groups excluding carboxylic acids is 4. The van der Waals surface area contributed by atoms with Crippen LogP contribution >= 0.6 is 0 Å². The van der Waals surface area contributed by atoms with Crippen molar-refractivity contribution in [1.29, 1.82) is 0 Å². The smallest absolute Gasteiger partial charge is 0.323 e. The van der Waals surface area contributed by atoms with Crippen molar-refractivity contribution in [3.8, 4) is 0 Å². The van der Waals surface area contributed by atoms with Crippen LogP contribution in [0.4, 0.5) is 0 Å². The van der Waals surface area contributed by atoms with E-state index in [2.05, 4.69) is 22.6 Å². The number of esters is 4. The first-order valence-electron chi connectivity index (χ1n) is 9.57. The van der Waals surface area contributed by atoms with Crippen LogP contribution in [0.2, 0.25) is 0 Å². The molecule has 0 aliphatic rings. The van der Waals surface area contributed by atoms with E-state index in [1.807, 2.05) is 0 Å². The molecule has 0 heterocycles. The van der Waals surface area contributed by atoms with Gasteiger partial charge in [-0.15, -0.1) is 0 Å². The van der Waals surface area contributed by atoms with Crippen LogP contribution in [0.15, 0.2) is 25.3 Å². The lowest BCUT2D eigenvalue weighted by atomic mass is 9.77. The maximum absolute atomic E-state index is 12.8. The van der Waals surface area contributed by atoms with Crippen LogP contribution in [0.1, 0.15) is 51.4 Å². The molecule has 0 aromatic rings. The molecule has 8 nitrogen and oxygen atoms in total. The van der Waals surface area contributed by atoms with Crippen LogP contribution in [0.5, 0.6) is 0 Å². The molecule has 8 heteroatoms. The summed E-state index contributed by atoms with van der Waals surface area (Å²) < 4.78 is 19.6. The zero-order chi connectivity index (χ0) is 22.1. The van der Waals surface area contributed by atoms with Crippen molar-refractivity contribution in [1.82, 2.24) is 0 Å². The molecule has 0 aromatic heterocycles. The molecule has 0 aliphatic heterocycles. The van der Waals surface area contributed by atoms with Gasteiger partial charge in [0.15, 0.2) is 5.41 Å². The fraction of sp³-hybridized carbons (Fsp3) is 0.619. The number of rotatable bonds is 16. The molecule has 0 aromatic carbocycles. The third kappa shape index (κ3) is 9.91. The Morgan fingerprint density at radius 1 is 0.724 bits per heavy atom. The maximum atomic E-state index is 12.8. The van der Waals surface area contributed by atoms with Gasteiger partial charge in [-0.3, -0.25) is 19.2 Å². The number of ether oxygens (including phenoxy) is 4. The lowest BCUT2D eigenvalue weighted by Crippen LogP contribution is -2.42. The molecule has 0 bridgehead atoms. The predicted octanol–water partition coefficient (Wildman–Crippen LogP) is 2.90. The molecule has 0 rings (SSSR count). The Bertz CT molecular complexity index is 517. The maximum Gasteiger partial charge on any atom is 0.323 e. The van der Waals surface area contributed by atoms with E-state index >= 15 is 0 Å². The van der Waals surface area contributed by atoms with E-state index in [4.69, 9.17) is 9.47 Å². The highest BCUT2D eigenvalue weighted by Crippen LogP contribution is 2.35. The van der Waals surface area contributed by atoms with Crippen LogP contribution < -0.4 is 0 Å². The van der Waals surface area contributed by atoms with E-state index in [0.29, 0.717) is 25.7 Å². The lowest BCUT2D eigenvalue weighted by molar-refractivity contribution is -0.172. The average molecular weight is 412 g/mol. The van der Waals surface area contributed by atoms with E-state index in [9.17, 15) is 19.2 Å². The molecule has 164 valence electrons. The van der Waals surface area contributed by atoms with E-state index in [-0.39, 0.29) is 50.8 Å². The number of unbranched alkanes of at least 4 members (excludes halogenated alkanes) is 2. The van der Waals surface area contributed by atoms with Crippen molar-refractivity contribution < 1.29 is 38.1 Å². The Kier molecular flexibility index (Phi) is 13.9. The number of methoxy groups -OCH3 is 2. The van der Waals surface area contributed by atoms with Gasteiger partial charge in [0, 0.05) is 12.8 Å². The van der Waals surface area contributed by atoms with Crippen LogP contribution in [0.25, 0.3) is 0 Å². The number of hydrogen-bond donors (Lipinski definition) is 0. The molecule has 0 fully saturated rings. The van der Waals surface area contributed by atoms with Crippen molar-refractivity contribution in [3.05, 3.63) is 25.3 Å². The number of carbonyl (C=O) groups is 4. The third-order valence-electron chi connectivity index (χ3n) is 4.37. The molecule has 0 saturated heterocycles. The van der Waals surface area contributed by atoms with Gasteiger partial charge in [0.2, 0.25) is 0 Å². The summed E-state index contributed by atoms with van der Waals surface area (Å²) in [5.41, 5.74) is -1.53. The zero-order valence-electron chi connectivity index (χ0n) is 17.4. The molecule has 0 atom stereocenters. The van der Waals surface area contributed by atoms with Crippen LogP contribution in [-0.4, -0.2) is 51.3 Å². The summed E-state index contributed by atoms with van der Waals surface area (Å²) in [5, 5.41) is 0. The van der Waals surface area contributed by atoms with Gasteiger partial charge in [0.1, 0.15) is 13.2 Å². The summed E-state index contributed by atoms with van der Waals surface area (Å²) >= 11 is 0. The van der Waals surface area contributed by atoms with Gasteiger partial charge in [-0.05, 0) is 25.7 Å². The van der Waals surface area contributed by atoms with Gasteiger partial charge in [-0.25, -0.2) is 0 Å². The van der Waals surface area contributed by atoms with Crippen molar-refractivity contribution in [2.75, 3.05) is 27.4 Å². The highest BCUT2D eigenvalue weighted by atomic mass is 16.6. The molecular formula is C21H32O8. The van der Waals surface area contributed by atoms with Gasteiger partial charge in [-0.1, -0.05) is 38.2 Å². The van der Waals surface area contributed by atoms with Gasteiger partial charge in [0.25, 0.3) is 0 Å². The lowest BCUT2D eigenvalue weighted by Gasteiger charge is -2.29. The van der Waals surface area contributed by atoms with Gasteiger partial charge < -0.3 is 18.9 Å². The molecule has 0 saturated carbocycles. The minimum atomic E-state index is -1.53. The Labute approximate surface area is 172 Å². The minimum Gasteiger partial charge on any atom is -0.469 e. The first-order valence-corrected chi connectivity index (χ1v) is 9.57. The van der Waals surface area contributed by atoms with Gasteiger partial charge in [0.05, 0.1) is 14.2 Å². The Morgan fingerprint density at radius 2 is 1.10 bits per heavy atom. The van der Waals surface area contributed by atoms with E-state index < -0.39 is 17.4 Å². The van der Waals surface area contributed by atoms with E-state index in [0.717, 1.165) is 0 Å². The molecule has 0 radical (unpaired) electrons. The molecule has 29 heavy (non-hydrogen) atoms. The Hall–Kier alpha value is -2.64. The summed E-state index contributed by atoms with van der Waals surface area (Å²) in [5.74, 6) is -2.14. The molecule has 0 N–H and O–H groups in total.